The highest BCUT2D eigenvalue weighted by Crippen LogP contribution is 2.15. The lowest BCUT2D eigenvalue weighted by molar-refractivity contribution is -0.113. The highest BCUT2D eigenvalue weighted by Gasteiger charge is 2.13. The molecule has 1 heterocycles. The molecule has 0 aliphatic carbocycles. The molecule has 1 atom stereocenters. The van der Waals surface area contributed by atoms with Crippen LogP contribution >= 0.6 is 0 Å². The Labute approximate surface area is 117 Å². The van der Waals surface area contributed by atoms with Gasteiger partial charge in [0.15, 0.2) is 0 Å². The Bertz CT molecular complexity index is 664. The van der Waals surface area contributed by atoms with Gasteiger partial charge in [-0.1, -0.05) is 6.07 Å². The van der Waals surface area contributed by atoms with Crippen molar-refractivity contribution >= 4 is 28.1 Å². The van der Waals surface area contributed by atoms with E-state index < -0.39 is 22.5 Å². The zero-order valence-electron chi connectivity index (χ0n) is 10.4. The molecule has 2 rings (SSSR count). The van der Waals surface area contributed by atoms with Crippen LogP contribution < -0.4 is 11.1 Å². The molecular formula is C13H12FN3O2S. The number of nitrogens with one attached hydrogen (secondary N) is 1. The summed E-state index contributed by atoms with van der Waals surface area (Å²) in [5, 5.41) is 2.47. The molecule has 1 amide bonds. The molecule has 1 aromatic heterocycles. The molecule has 0 spiro atoms. The van der Waals surface area contributed by atoms with Crippen molar-refractivity contribution < 1.29 is 13.4 Å². The average molecular weight is 293 g/mol. The van der Waals surface area contributed by atoms with Gasteiger partial charge in [0, 0.05) is 11.9 Å². The molecule has 0 aliphatic rings. The van der Waals surface area contributed by atoms with Crippen molar-refractivity contribution in [2.24, 2.45) is 0 Å². The Hall–Kier alpha value is -2.28. The average Bonchev–Trinajstić information content (AvgIpc) is 2.38. The van der Waals surface area contributed by atoms with E-state index in [0.29, 0.717) is 10.6 Å². The van der Waals surface area contributed by atoms with Gasteiger partial charge >= 0.3 is 0 Å². The third-order valence-corrected chi connectivity index (χ3v) is 3.81. The van der Waals surface area contributed by atoms with Crippen LogP contribution in [0, 0.1) is 5.82 Å². The molecule has 0 aliphatic heterocycles. The maximum Gasteiger partial charge on any atom is 0.237 e. The fourth-order valence-corrected chi connectivity index (χ4v) is 2.56. The molecule has 1 unspecified atom stereocenters. The van der Waals surface area contributed by atoms with Gasteiger partial charge < -0.3 is 11.1 Å². The van der Waals surface area contributed by atoms with Gasteiger partial charge in [-0.2, -0.15) is 0 Å². The van der Waals surface area contributed by atoms with E-state index >= 15 is 0 Å². The summed E-state index contributed by atoms with van der Waals surface area (Å²) in [5.41, 5.74) is 6.22. The molecule has 20 heavy (non-hydrogen) atoms. The quantitative estimate of drug-likeness (QED) is 0.895. The number of hydrogen-bond acceptors (Lipinski definition) is 4. The summed E-state index contributed by atoms with van der Waals surface area (Å²) in [6.07, 6.45) is 2.83. The van der Waals surface area contributed by atoms with E-state index in [1.165, 1.54) is 36.7 Å². The minimum atomic E-state index is -1.57. The Balaban J connectivity index is 2.02. The monoisotopic (exact) mass is 293 g/mol. The maximum absolute atomic E-state index is 13.0. The van der Waals surface area contributed by atoms with E-state index in [4.69, 9.17) is 5.73 Å². The lowest BCUT2D eigenvalue weighted by atomic mass is 10.3. The molecule has 3 N–H and O–H groups in total. The topological polar surface area (TPSA) is 85.1 Å². The summed E-state index contributed by atoms with van der Waals surface area (Å²) < 4.78 is 25.0. The Morgan fingerprint density at radius 1 is 1.40 bits per heavy atom. The van der Waals surface area contributed by atoms with E-state index in [1.807, 2.05) is 0 Å². The van der Waals surface area contributed by atoms with Crippen molar-refractivity contribution in [3.05, 3.63) is 48.5 Å². The van der Waals surface area contributed by atoms with Crippen LogP contribution in [0.5, 0.6) is 0 Å². The summed E-state index contributed by atoms with van der Waals surface area (Å²) in [4.78, 5) is 15.9. The molecule has 0 saturated heterocycles. The number of amides is 1. The summed E-state index contributed by atoms with van der Waals surface area (Å²) >= 11 is 0. The third-order valence-electron chi connectivity index (χ3n) is 2.43. The van der Waals surface area contributed by atoms with E-state index in [9.17, 15) is 13.4 Å². The number of nitrogens with zero attached hydrogens (tertiary/aromatic N) is 1. The maximum atomic E-state index is 13.0. The largest absolute Gasteiger partial charge is 0.396 e. The Kier molecular flexibility index (Phi) is 4.41. The number of halogens is 1. The van der Waals surface area contributed by atoms with Crippen LogP contribution in [0.25, 0.3) is 0 Å². The van der Waals surface area contributed by atoms with Crippen molar-refractivity contribution in [2.75, 3.05) is 16.8 Å². The number of benzene rings is 1. The van der Waals surface area contributed by atoms with Crippen molar-refractivity contribution in [1.82, 2.24) is 4.98 Å². The number of aromatic nitrogens is 1. The molecular weight excluding hydrogens is 281 g/mol. The first kappa shape index (κ1) is 14.1. The highest BCUT2D eigenvalue weighted by molar-refractivity contribution is 7.86. The predicted octanol–water partition coefficient (Wildman–Crippen LogP) is 1.55. The van der Waals surface area contributed by atoms with E-state index in [2.05, 4.69) is 10.3 Å². The molecule has 1 aromatic carbocycles. The standard InChI is InChI=1S/C13H12FN3O2S/c14-9-2-1-3-10(6-9)17-13(18)8-20(19)12-4-5-16-7-11(12)15/h1-7H,8,15H2,(H,17,18). The minimum absolute atomic E-state index is 0.259. The highest BCUT2D eigenvalue weighted by atomic mass is 32.2. The SMILES string of the molecule is Nc1cnccc1S(=O)CC(=O)Nc1cccc(F)c1. The first-order chi connectivity index (χ1) is 9.56. The number of nitrogen functional groups attached to an aromatic ring is 1. The van der Waals surface area contributed by atoms with E-state index in [1.54, 1.807) is 6.07 Å². The minimum Gasteiger partial charge on any atom is -0.396 e. The van der Waals surface area contributed by atoms with Crippen LogP contribution in [-0.2, 0) is 15.6 Å². The zero-order valence-corrected chi connectivity index (χ0v) is 11.2. The second-order valence-electron chi connectivity index (χ2n) is 3.96. The van der Waals surface area contributed by atoms with Gasteiger partial charge in [-0.15, -0.1) is 0 Å². The lowest BCUT2D eigenvalue weighted by Gasteiger charge is -2.06. The van der Waals surface area contributed by atoms with Crippen molar-refractivity contribution in [1.29, 1.82) is 0 Å². The van der Waals surface area contributed by atoms with Gasteiger partial charge in [-0.05, 0) is 24.3 Å². The number of hydrogen-bond donors (Lipinski definition) is 2. The molecule has 0 radical (unpaired) electrons. The first-order valence-electron chi connectivity index (χ1n) is 5.69. The van der Waals surface area contributed by atoms with Gasteiger partial charge in [0.05, 0.1) is 27.6 Å². The number of carbonyl (C=O) groups is 1. The van der Waals surface area contributed by atoms with Gasteiger partial charge in [-0.3, -0.25) is 14.0 Å². The van der Waals surface area contributed by atoms with Crippen LogP contribution in [-0.4, -0.2) is 20.9 Å². The van der Waals surface area contributed by atoms with Crippen molar-refractivity contribution in [3.8, 4) is 0 Å². The zero-order chi connectivity index (χ0) is 14.5. The van der Waals surface area contributed by atoms with Gasteiger partial charge in [0.25, 0.3) is 0 Å². The fourth-order valence-electron chi connectivity index (χ4n) is 1.56. The predicted molar refractivity (Wildman–Crippen MR) is 75.0 cm³/mol. The second kappa shape index (κ2) is 6.25. The molecule has 7 heteroatoms. The number of pyridine rings is 1. The van der Waals surface area contributed by atoms with Gasteiger partial charge in [-0.25, -0.2) is 4.39 Å². The van der Waals surface area contributed by atoms with E-state index in [0.717, 1.165) is 0 Å². The molecule has 0 fully saturated rings. The first-order valence-corrected chi connectivity index (χ1v) is 7.01. The summed E-state index contributed by atoms with van der Waals surface area (Å²) in [5.74, 6) is -1.20. The number of nitrogens with two attached hydrogens (primary N) is 1. The Morgan fingerprint density at radius 2 is 2.20 bits per heavy atom. The van der Waals surface area contributed by atoms with Crippen LogP contribution in [0.3, 0.4) is 0 Å². The van der Waals surface area contributed by atoms with Crippen molar-refractivity contribution in [2.45, 2.75) is 4.90 Å². The number of rotatable bonds is 4. The Morgan fingerprint density at radius 3 is 2.90 bits per heavy atom. The number of anilines is 2. The lowest BCUT2D eigenvalue weighted by Crippen LogP contribution is -2.20. The molecule has 0 saturated carbocycles. The fraction of sp³-hybridized carbons (Fsp3) is 0.0769. The summed E-state index contributed by atoms with van der Waals surface area (Å²) in [6.45, 7) is 0. The molecule has 2 aromatic rings. The van der Waals surface area contributed by atoms with Crippen molar-refractivity contribution in [3.63, 3.8) is 0 Å². The number of carbonyl (C=O) groups excluding carboxylic acids is 1. The third kappa shape index (κ3) is 3.61. The normalized spacial score (nSPS) is 11.8. The smallest absolute Gasteiger partial charge is 0.237 e. The second-order valence-corrected chi connectivity index (χ2v) is 5.38. The molecule has 0 bridgehead atoms. The van der Waals surface area contributed by atoms with Crippen LogP contribution in [0.4, 0.5) is 15.8 Å². The van der Waals surface area contributed by atoms with E-state index in [-0.39, 0.29) is 11.4 Å². The summed E-state index contributed by atoms with van der Waals surface area (Å²) in [7, 11) is -1.57. The van der Waals surface area contributed by atoms with Gasteiger partial charge in [0.1, 0.15) is 11.6 Å². The van der Waals surface area contributed by atoms with Gasteiger partial charge in [0.2, 0.25) is 5.91 Å². The molecule has 104 valence electrons. The van der Waals surface area contributed by atoms with Crippen LogP contribution in [0.15, 0.2) is 47.6 Å². The summed E-state index contributed by atoms with van der Waals surface area (Å²) in [6, 6.07) is 6.97. The van der Waals surface area contributed by atoms with Crippen LogP contribution in [0.1, 0.15) is 0 Å². The molecule has 5 nitrogen and oxygen atoms in total. The van der Waals surface area contributed by atoms with Crippen LogP contribution in [0.2, 0.25) is 0 Å².